The monoisotopic (exact) mass is 323 g/mol. The lowest BCUT2D eigenvalue weighted by atomic mass is 10.1. The van der Waals surface area contributed by atoms with Gasteiger partial charge in [-0.25, -0.2) is 0 Å². The summed E-state index contributed by atoms with van der Waals surface area (Å²) in [5, 5.41) is 3.96. The van der Waals surface area contributed by atoms with Crippen molar-refractivity contribution in [2.24, 2.45) is 0 Å². The largest absolute Gasteiger partial charge is 0.494 e. The molecule has 1 amide bonds. The normalized spacial score (nSPS) is 12.1. The molecular formula is C20H21NO3. The van der Waals surface area contributed by atoms with Gasteiger partial charge in [0.1, 0.15) is 11.3 Å². The Morgan fingerprint density at radius 2 is 1.88 bits per heavy atom. The Labute approximate surface area is 141 Å². The van der Waals surface area contributed by atoms with E-state index in [4.69, 9.17) is 9.15 Å². The van der Waals surface area contributed by atoms with Gasteiger partial charge in [-0.05, 0) is 44.5 Å². The standard InChI is InChI=1S/C20H21NO3/c1-4-23-16-11-9-15(10-12-16)14(3)21-20(22)19-13(2)17-7-5-6-8-18(17)24-19/h5-12,14H,4H2,1-3H3,(H,21,22). The van der Waals surface area contributed by atoms with Gasteiger partial charge in [0, 0.05) is 10.9 Å². The molecule has 1 aromatic heterocycles. The van der Waals surface area contributed by atoms with Crippen molar-refractivity contribution in [3.05, 3.63) is 65.4 Å². The van der Waals surface area contributed by atoms with Gasteiger partial charge in [-0.1, -0.05) is 30.3 Å². The quantitative estimate of drug-likeness (QED) is 0.744. The number of benzene rings is 2. The molecule has 0 bridgehead atoms. The van der Waals surface area contributed by atoms with Crippen LogP contribution in [0.3, 0.4) is 0 Å². The maximum atomic E-state index is 12.6. The summed E-state index contributed by atoms with van der Waals surface area (Å²) in [7, 11) is 0. The second-order valence-corrected chi connectivity index (χ2v) is 5.75. The highest BCUT2D eigenvalue weighted by atomic mass is 16.5. The number of hydrogen-bond donors (Lipinski definition) is 1. The van der Waals surface area contributed by atoms with E-state index in [2.05, 4.69) is 5.32 Å². The second-order valence-electron chi connectivity index (χ2n) is 5.75. The van der Waals surface area contributed by atoms with Crippen molar-refractivity contribution in [2.75, 3.05) is 6.61 Å². The lowest BCUT2D eigenvalue weighted by molar-refractivity contribution is 0.0913. The summed E-state index contributed by atoms with van der Waals surface area (Å²) >= 11 is 0. The third-order valence-electron chi connectivity index (χ3n) is 4.09. The number of furan rings is 1. The van der Waals surface area contributed by atoms with E-state index < -0.39 is 0 Å². The van der Waals surface area contributed by atoms with Gasteiger partial charge < -0.3 is 14.5 Å². The lowest BCUT2D eigenvalue weighted by Crippen LogP contribution is -2.26. The van der Waals surface area contributed by atoms with Crippen LogP contribution in [-0.2, 0) is 0 Å². The van der Waals surface area contributed by atoms with Gasteiger partial charge in [0.2, 0.25) is 0 Å². The molecule has 4 heteroatoms. The van der Waals surface area contributed by atoms with E-state index in [1.807, 2.05) is 69.3 Å². The van der Waals surface area contributed by atoms with Crippen molar-refractivity contribution < 1.29 is 13.9 Å². The van der Waals surface area contributed by atoms with Crippen molar-refractivity contribution in [2.45, 2.75) is 26.8 Å². The van der Waals surface area contributed by atoms with Crippen LogP contribution >= 0.6 is 0 Å². The number of aryl methyl sites for hydroxylation is 1. The van der Waals surface area contributed by atoms with Crippen LogP contribution in [0.5, 0.6) is 5.75 Å². The van der Waals surface area contributed by atoms with E-state index in [1.54, 1.807) is 0 Å². The summed E-state index contributed by atoms with van der Waals surface area (Å²) in [4.78, 5) is 12.6. The predicted molar refractivity (Wildman–Crippen MR) is 94.4 cm³/mol. The molecule has 0 saturated heterocycles. The molecule has 2 aromatic carbocycles. The van der Waals surface area contributed by atoms with Gasteiger partial charge in [0.15, 0.2) is 5.76 Å². The number of para-hydroxylation sites is 1. The molecular weight excluding hydrogens is 302 g/mol. The van der Waals surface area contributed by atoms with Gasteiger partial charge in [-0.15, -0.1) is 0 Å². The molecule has 0 aliphatic heterocycles. The molecule has 0 saturated carbocycles. The minimum atomic E-state index is -0.204. The first-order valence-corrected chi connectivity index (χ1v) is 8.12. The topological polar surface area (TPSA) is 51.5 Å². The summed E-state index contributed by atoms with van der Waals surface area (Å²) in [6, 6.07) is 15.3. The van der Waals surface area contributed by atoms with Gasteiger partial charge >= 0.3 is 0 Å². The predicted octanol–water partition coefficient (Wildman–Crippen LogP) is 4.63. The average Bonchev–Trinajstić information content (AvgIpc) is 2.93. The molecule has 1 N–H and O–H groups in total. The Bertz CT molecular complexity index is 849. The third-order valence-corrected chi connectivity index (χ3v) is 4.09. The Balaban J connectivity index is 1.76. The number of rotatable bonds is 5. The Morgan fingerprint density at radius 1 is 1.17 bits per heavy atom. The lowest BCUT2D eigenvalue weighted by Gasteiger charge is -2.14. The highest BCUT2D eigenvalue weighted by Crippen LogP contribution is 2.25. The van der Waals surface area contributed by atoms with Gasteiger partial charge in [0.25, 0.3) is 5.91 Å². The number of hydrogen-bond acceptors (Lipinski definition) is 3. The molecule has 24 heavy (non-hydrogen) atoms. The summed E-state index contributed by atoms with van der Waals surface area (Å²) in [5.41, 5.74) is 2.61. The van der Waals surface area contributed by atoms with Crippen molar-refractivity contribution in [3.8, 4) is 5.75 Å². The number of carbonyl (C=O) groups excluding carboxylic acids is 1. The first-order chi connectivity index (χ1) is 11.6. The van der Waals surface area contributed by atoms with Crippen LogP contribution in [0.15, 0.2) is 52.9 Å². The molecule has 0 radical (unpaired) electrons. The van der Waals surface area contributed by atoms with Gasteiger partial charge in [-0.3, -0.25) is 4.79 Å². The fraction of sp³-hybridized carbons (Fsp3) is 0.250. The van der Waals surface area contributed by atoms with Crippen molar-refractivity contribution in [1.29, 1.82) is 0 Å². The Kier molecular flexibility index (Phi) is 4.56. The first kappa shape index (κ1) is 16.1. The fourth-order valence-electron chi connectivity index (χ4n) is 2.76. The molecule has 0 spiro atoms. The smallest absolute Gasteiger partial charge is 0.287 e. The Hall–Kier alpha value is -2.75. The number of fused-ring (bicyclic) bond motifs is 1. The molecule has 0 fully saturated rings. The molecule has 3 aromatic rings. The summed E-state index contributed by atoms with van der Waals surface area (Å²) in [5.74, 6) is 0.993. The first-order valence-electron chi connectivity index (χ1n) is 8.12. The van der Waals surface area contributed by atoms with Gasteiger partial charge in [0.05, 0.1) is 12.6 Å². The molecule has 1 atom stereocenters. The molecule has 4 nitrogen and oxygen atoms in total. The van der Waals surface area contributed by atoms with E-state index in [0.717, 1.165) is 27.8 Å². The van der Waals surface area contributed by atoms with Crippen LogP contribution in [0.25, 0.3) is 11.0 Å². The van der Waals surface area contributed by atoms with Crippen LogP contribution in [0.1, 0.15) is 41.6 Å². The zero-order valence-electron chi connectivity index (χ0n) is 14.1. The van der Waals surface area contributed by atoms with Crippen LogP contribution in [0.2, 0.25) is 0 Å². The molecule has 124 valence electrons. The highest BCUT2D eigenvalue weighted by Gasteiger charge is 2.19. The van der Waals surface area contributed by atoms with E-state index in [9.17, 15) is 4.79 Å². The van der Waals surface area contributed by atoms with Crippen molar-refractivity contribution in [3.63, 3.8) is 0 Å². The SMILES string of the molecule is CCOc1ccc(C(C)NC(=O)c2oc3ccccc3c2C)cc1. The van der Waals surface area contributed by atoms with Crippen LogP contribution < -0.4 is 10.1 Å². The van der Waals surface area contributed by atoms with E-state index in [1.165, 1.54) is 0 Å². The number of amides is 1. The average molecular weight is 323 g/mol. The zero-order chi connectivity index (χ0) is 17.1. The summed E-state index contributed by atoms with van der Waals surface area (Å²) in [6.07, 6.45) is 0. The molecule has 1 heterocycles. The van der Waals surface area contributed by atoms with E-state index in [-0.39, 0.29) is 11.9 Å². The Morgan fingerprint density at radius 3 is 2.54 bits per heavy atom. The maximum absolute atomic E-state index is 12.6. The van der Waals surface area contributed by atoms with E-state index >= 15 is 0 Å². The van der Waals surface area contributed by atoms with Crippen molar-refractivity contribution >= 4 is 16.9 Å². The second kappa shape index (κ2) is 6.79. The van der Waals surface area contributed by atoms with Crippen LogP contribution in [0, 0.1) is 6.92 Å². The third kappa shape index (κ3) is 3.13. The fourth-order valence-corrected chi connectivity index (χ4v) is 2.76. The summed E-state index contributed by atoms with van der Waals surface area (Å²) < 4.78 is 11.2. The van der Waals surface area contributed by atoms with Crippen molar-refractivity contribution in [1.82, 2.24) is 5.32 Å². The number of carbonyl (C=O) groups is 1. The number of nitrogens with one attached hydrogen (secondary N) is 1. The molecule has 0 aliphatic carbocycles. The van der Waals surface area contributed by atoms with Gasteiger partial charge in [-0.2, -0.15) is 0 Å². The summed E-state index contributed by atoms with van der Waals surface area (Å²) in [6.45, 7) is 6.44. The molecule has 1 unspecified atom stereocenters. The zero-order valence-corrected chi connectivity index (χ0v) is 14.1. The minimum absolute atomic E-state index is 0.124. The molecule has 3 rings (SSSR count). The highest BCUT2D eigenvalue weighted by molar-refractivity contribution is 5.99. The minimum Gasteiger partial charge on any atom is -0.494 e. The van der Waals surface area contributed by atoms with Crippen LogP contribution in [0.4, 0.5) is 0 Å². The van der Waals surface area contributed by atoms with Crippen LogP contribution in [-0.4, -0.2) is 12.5 Å². The van der Waals surface area contributed by atoms with E-state index in [0.29, 0.717) is 12.4 Å². The molecule has 0 aliphatic rings. The maximum Gasteiger partial charge on any atom is 0.287 e. The number of ether oxygens (including phenoxy) is 1.